The summed E-state index contributed by atoms with van der Waals surface area (Å²) in [5.41, 5.74) is 0.999. The van der Waals surface area contributed by atoms with E-state index in [9.17, 15) is 13.2 Å². The van der Waals surface area contributed by atoms with Crippen molar-refractivity contribution in [2.45, 2.75) is 5.75 Å². The number of para-hydroxylation sites is 2. The molecule has 0 saturated carbocycles. The molecule has 2 rings (SSSR count). The van der Waals surface area contributed by atoms with Gasteiger partial charge >= 0.3 is 0 Å². The highest BCUT2D eigenvalue weighted by Crippen LogP contribution is 2.25. The van der Waals surface area contributed by atoms with Crippen LogP contribution in [-0.4, -0.2) is 40.8 Å². The number of hydrogen-bond acceptors (Lipinski definition) is 5. The van der Waals surface area contributed by atoms with Crippen LogP contribution >= 0.6 is 0 Å². The van der Waals surface area contributed by atoms with Crippen LogP contribution in [0.2, 0.25) is 0 Å². The number of amides is 1. The Morgan fingerprint density at radius 3 is 2.48 bits per heavy atom. The molecule has 134 valence electrons. The fourth-order valence-corrected chi connectivity index (χ4v) is 3.06. The largest absolute Gasteiger partial charge is 0.493 e. The van der Waals surface area contributed by atoms with Gasteiger partial charge in [-0.3, -0.25) is 4.79 Å². The van der Waals surface area contributed by atoms with Crippen LogP contribution < -0.4 is 14.8 Å². The van der Waals surface area contributed by atoms with Gasteiger partial charge in [0.15, 0.2) is 21.3 Å². The molecule has 0 bridgehead atoms. The Hall–Kier alpha value is -2.54. The second-order valence-corrected chi connectivity index (χ2v) is 7.67. The number of rotatable bonds is 8. The minimum absolute atomic E-state index is 0.0922. The minimum Gasteiger partial charge on any atom is -0.493 e. The first-order chi connectivity index (χ1) is 11.9. The predicted octanol–water partition coefficient (Wildman–Crippen LogP) is 2.05. The van der Waals surface area contributed by atoms with E-state index in [1.807, 2.05) is 12.1 Å². The number of sulfone groups is 1. The third kappa shape index (κ3) is 6.11. The number of carbonyl (C=O) groups excluding carboxylic acids is 1. The summed E-state index contributed by atoms with van der Waals surface area (Å²) in [7, 11) is -1.58. The zero-order valence-electron chi connectivity index (χ0n) is 14.2. The maximum absolute atomic E-state index is 12.2. The highest BCUT2D eigenvalue weighted by atomic mass is 32.2. The van der Waals surface area contributed by atoms with Crippen molar-refractivity contribution in [3.8, 4) is 11.5 Å². The molecule has 7 heteroatoms. The molecule has 0 saturated heterocycles. The van der Waals surface area contributed by atoms with Crippen LogP contribution in [0.5, 0.6) is 11.5 Å². The summed E-state index contributed by atoms with van der Waals surface area (Å²) >= 11 is 0. The van der Waals surface area contributed by atoms with Crippen LogP contribution in [0.25, 0.3) is 0 Å². The van der Waals surface area contributed by atoms with Crippen LogP contribution in [0.4, 0.5) is 0 Å². The number of benzene rings is 2. The van der Waals surface area contributed by atoms with Crippen LogP contribution in [0.3, 0.4) is 0 Å². The summed E-state index contributed by atoms with van der Waals surface area (Å²) in [4.78, 5) is 12.2. The lowest BCUT2D eigenvalue weighted by molar-refractivity contribution is 0.0946. The molecule has 2 aromatic rings. The van der Waals surface area contributed by atoms with Gasteiger partial charge in [0.2, 0.25) is 0 Å². The van der Waals surface area contributed by atoms with Crippen molar-refractivity contribution in [3.05, 3.63) is 59.7 Å². The van der Waals surface area contributed by atoms with Gasteiger partial charge in [0.1, 0.15) is 6.61 Å². The molecule has 0 unspecified atom stereocenters. The molecule has 0 fully saturated rings. The Balaban J connectivity index is 1.87. The van der Waals surface area contributed by atoms with Crippen LogP contribution in [0.15, 0.2) is 48.5 Å². The number of methoxy groups -OCH3 is 1. The minimum atomic E-state index is -3.14. The van der Waals surface area contributed by atoms with Crippen molar-refractivity contribution in [3.63, 3.8) is 0 Å². The third-order valence-corrected chi connectivity index (χ3v) is 4.19. The van der Waals surface area contributed by atoms with E-state index in [0.717, 1.165) is 6.26 Å². The van der Waals surface area contributed by atoms with Crippen LogP contribution in [0.1, 0.15) is 15.9 Å². The fraction of sp³-hybridized carbons (Fsp3) is 0.278. The number of carbonyl (C=O) groups is 1. The first kappa shape index (κ1) is 18.8. The highest BCUT2D eigenvalue weighted by molar-refractivity contribution is 7.89. The summed E-state index contributed by atoms with van der Waals surface area (Å²) in [5.74, 6) is 0.862. The molecule has 0 spiro atoms. The van der Waals surface area contributed by atoms with Crippen molar-refractivity contribution >= 4 is 15.7 Å². The quantitative estimate of drug-likeness (QED) is 0.726. The first-order valence-electron chi connectivity index (χ1n) is 7.70. The summed E-state index contributed by atoms with van der Waals surface area (Å²) in [6, 6.07) is 13.8. The van der Waals surface area contributed by atoms with Crippen molar-refractivity contribution in [2.75, 3.05) is 26.5 Å². The van der Waals surface area contributed by atoms with E-state index in [-0.39, 0.29) is 18.3 Å². The molecule has 0 radical (unpaired) electrons. The molecule has 6 nitrogen and oxygen atoms in total. The fourth-order valence-electron chi connectivity index (χ4n) is 2.27. The van der Waals surface area contributed by atoms with Crippen molar-refractivity contribution in [1.82, 2.24) is 5.32 Å². The maximum Gasteiger partial charge on any atom is 0.251 e. The van der Waals surface area contributed by atoms with E-state index >= 15 is 0 Å². The van der Waals surface area contributed by atoms with Crippen molar-refractivity contribution in [2.24, 2.45) is 0 Å². The molecule has 0 atom stereocenters. The first-order valence-corrected chi connectivity index (χ1v) is 9.76. The Kier molecular flexibility index (Phi) is 6.41. The molecule has 0 aliphatic rings. The van der Waals surface area contributed by atoms with Gasteiger partial charge in [-0.1, -0.05) is 24.3 Å². The third-order valence-electron chi connectivity index (χ3n) is 3.33. The molecule has 0 aromatic heterocycles. The average molecular weight is 363 g/mol. The molecule has 0 aliphatic heterocycles. The number of hydrogen-bond donors (Lipinski definition) is 1. The SMILES string of the molecule is COc1ccccc1OCCNC(=O)c1cccc(CS(C)(=O)=O)c1. The molecular formula is C18H21NO5S. The Labute approximate surface area is 147 Å². The summed E-state index contributed by atoms with van der Waals surface area (Å²) < 4.78 is 33.5. The Bertz CT molecular complexity index is 833. The summed E-state index contributed by atoms with van der Waals surface area (Å²) in [6.45, 7) is 0.600. The van der Waals surface area contributed by atoms with Crippen LogP contribution in [-0.2, 0) is 15.6 Å². The van der Waals surface area contributed by atoms with E-state index in [1.165, 1.54) is 0 Å². The average Bonchev–Trinajstić information content (AvgIpc) is 2.57. The van der Waals surface area contributed by atoms with Gasteiger partial charge in [-0.15, -0.1) is 0 Å². The molecular weight excluding hydrogens is 342 g/mol. The van der Waals surface area contributed by atoms with Crippen LogP contribution in [0, 0.1) is 0 Å². The summed E-state index contributed by atoms with van der Waals surface area (Å²) in [5, 5.41) is 2.74. The highest BCUT2D eigenvalue weighted by Gasteiger charge is 2.09. The van der Waals surface area contributed by atoms with Gasteiger partial charge < -0.3 is 14.8 Å². The zero-order valence-corrected chi connectivity index (χ0v) is 15.0. The van der Waals surface area contributed by atoms with Gasteiger partial charge in [0.25, 0.3) is 5.91 Å². The standard InChI is InChI=1S/C18H21NO5S/c1-23-16-8-3-4-9-17(16)24-11-10-19-18(20)15-7-5-6-14(12-15)13-25(2,21)22/h3-9,12H,10-11,13H2,1-2H3,(H,19,20). The Morgan fingerprint density at radius 2 is 1.80 bits per heavy atom. The van der Waals surface area contributed by atoms with E-state index in [2.05, 4.69) is 5.32 Å². The lowest BCUT2D eigenvalue weighted by Crippen LogP contribution is -2.28. The van der Waals surface area contributed by atoms with Gasteiger partial charge in [-0.2, -0.15) is 0 Å². The second-order valence-electron chi connectivity index (χ2n) is 5.53. The molecule has 1 amide bonds. The molecule has 1 N–H and O–H groups in total. The van der Waals surface area contributed by atoms with E-state index < -0.39 is 9.84 Å². The van der Waals surface area contributed by atoms with Gasteiger partial charge in [0.05, 0.1) is 19.4 Å². The van der Waals surface area contributed by atoms with Gasteiger partial charge in [0, 0.05) is 11.8 Å². The molecule has 0 aliphatic carbocycles. The number of nitrogens with one attached hydrogen (secondary N) is 1. The van der Waals surface area contributed by atoms with Crippen molar-refractivity contribution < 1.29 is 22.7 Å². The molecule has 2 aromatic carbocycles. The van der Waals surface area contributed by atoms with E-state index in [0.29, 0.717) is 29.2 Å². The van der Waals surface area contributed by atoms with Gasteiger partial charge in [-0.05, 0) is 29.8 Å². The van der Waals surface area contributed by atoms with E-state index in [4.69, 9.17) is 9.47 Å². The zero-order chi connectivity index (χ0) is 18.3. The smallest absolute Gasteiger partial charge is 0.251 e. The lowest BCUT2D eigenvalue weighted by atomic mass is 10.1. The molecule has 0 heterocycles. The monoisotopic (exact) mass is 363 g/mol. The van der Waals surface area contributed by atoms with E-state index in [1.54, 1.807) is 43.5 Å². The van der Waals surface area contributed by atoms with Gasteiger partial charge in [-0.25, -0.2) is 8.42 Å². The normalized spacial score (nSPS) is 11.0. The lowest BCUT2D eigenvalue weighted by Gasteiger charge is -2.11. The predicted molar refractivity (Wildman–Crippen MR) is 95.8 cm³/mol. The van der Waals surface area contributed by atoms with Crippen molar-refractivity contribution in [1.29, 1.82) is 0 Å². The maximum atomic E-state index is 12.2. The Morgan fingerprint density at radius 1 is 1.08 bits per heavy atom. The molecule has 25 heavy (non-hydrogen) atoms. The summed E-state index contributed by atoms with van der Waals surface area (Å²) in [6.07, 6.45) is 1.16. The topological polar surface area (TPSA) is 81.7 Å². The number of ether oxygens (including phenoxy) is 2. The second kappa shape index (κ2) is 8.53.